The minimum absolute atomic E-state index is 0.306. The number of hydrogen-bond donors (Lipinski definition) is 3. The molecule has 0 bridgehead atoms. The fraction of sp³-hybridized carbons (Fsp3) is 0.417. The first-order valence-corrected chi connectivity index (χ1v) is 10.6. The Labute approximate surface area is 168 Å². The van der Waals surface area contributed by atoms with Crippen LogP contribution in [-0.4, -0.2) is 48.5 Å². The molecular formula is C24H33N3O+2. The lowest BCUT2D eigenvalue weighted by Crippen LogP contribution is -3.28. The van der Waals surface area contributed by atoms with Crippen LogP contribution in [0.2, 0.25) is 0 Å². The number of fused-ring (bicyclic) bond motifs is 1. The molecular weight excluding hydrogens is 346 g/mol. The molecule has 1 aliphatic heterocycles. The average molecular weight is 380 g/mol. The van der Waals surface area contributed by atoms with Gasteiger partial charge in [-0.15, -0.1) is 0 Å². The Balaban J connectivity index is 1.32. The van der Waals surface area contributed by atoms with E-state index in [2.05, 4.69) is 73.0 Å². The van der Waals surface area contributed by atoms with Gasteiger partial charge in [0.05, 0.1) is 6.54 Å². The van der Waals surface area contributed by atoms with E-state index in [1.165, 1.54) is 45.7 Å². The summed E-state index contributed by atoms with van der Waals surface area (Å²) in [7, 11) is 0. The van der Waals surface area contributed by atoms with Crippen LogP contribution in [0, 0.1) is 13.8 Å². The summed E-state index contributed by atoms with van der Waals surface area (Å²) < 4.78 is 2.30. The second kappa shape index (κ2) is 8.48. The van der Waals surface area contributed by atoms with E-state index in [1.807, 2.05) is 0 Å². The highest BCUT2D eigenvalue weighted by Crippen LogP contribution is 2.24. The van der Waals surface area contributed by atoms with Gasteiger partial charge < -0.3 is 19.5 Å². The van der Waals surface area contributed by atoms with E-state index in [0.29, 0.717) is 6.54 Å². The maximum Gasteiger partial charge on any atom is 0.127 e. The summed E-state index contributed by atoms with van der Waals surface area (Å²) >= 11 is 0. The second-order valence-corrected chi connectivity index (χ2v) is 8.36. The van der Waals surface area contributed by atoms with Crippen molar-refractivity contribution in [2.24, 2.45) is 0 Å². The van der Waals surface area contributed by atoms with Crippen LogP contribution < -0.4 is 9.80 Å². The molecule has 4 rings (SSSR count). The van der Waals surface area contributed by atoms with Crippen LogP contribution in [0.3, 0.4) is 0 Å². The van der Waals surface area contributed by atoms with Gasteiger partial charge in [0.1, 0.15) is 45.4 Å². The van der Waals surface area contributed by atoms with Gasteiger partial charge in [0, 0.05) is 22.2 Å². The van der Waals surface area contributed by atoms with Crippen LogP contribution in [0.15, 0.2) is 54.6 Å². The van der Waals surface area contributed by atoms with Gasteiger partial charge in [-0.3, -0.25) is 0 Å². The number of nitrogens with zero attached hydrogens (tertiary/aromatic N) is 1. The van der Waals surface area contributed by atoms with Gasteiger partial charge in [-0.2, -0.15) is 0 Å². The molecule has 0 radical (unpaired) electrons. The van der Waals surface area contributed by atoms with Gasteiger partial charge in [-0.25, -0.2) is 0 Å². The third-order valence-corrected chi connectivity index (χ3v) is 6.43. The van der Waals surface area contributed by atoms with Crippen LogP contribution in [0.4, 0.5) is 0 Å². The molecule has 0 saturated carbocycles. The third kappa shape index (κ3) is 4.14. The zero-order valence-corrected chi connectivity index (χ0v) is 17.1. The summed E-state index contributed by atoms with van der Waals surface area (Å²) in [6.07, 6.45) is -0.306. The second-order valence-electron chi connectivity index (χ2n) is 8.36. The minimum Gasteiger partial charge on any atom is -0.385 e. The molecule has 0 unspecified atom stereocenters. The van der Waals surface area contributed by atoms with E-state index >= 15 is 0 Å². The predicted octanol–water partition coefficient (Wildman–Crippen LogP) is 0.603. The van der Waals surface area contributed by atoms with Gasteiger partial charge in [-0.1, -0.05) is 48.5 Å². The van der Waals surface area contributed by atoms with Gasteiger partial charge in [-0.05, 0) is 25.5 Å². The molecule has 148 valence electrons. The fourth-order valence-corrected chi connectivity index (χ4v) is 4.67. The Morgan fingerprint density at radius 2 is 1.54 bits per heavy atom. The number of nitrogens with one attached hydrogen (secondary N) is 2. The minimum atomic E-state index is -0.306. The number of quaternary nitrogens is 2. The average Bonchev–Trinajstić information content (AvgIpc) is 2.95. The first kappa shape index (κ1) is 19.2. The monoisotopic (exact) mass is 379 g/mol. The van der Waals surface area contributed by atoms with E-state index in [-0.39, 0.29) is 6.10 Å². The maximum atomic E-state index is 10.8. The molecule has 1 saturated heterocycles. The highest BCUT2D eigenvalue weighted by Gasteiger charge is 2.25. The lowest BCUT2D eigenvalue weighted by Gasteiger charge is -2.31. The van der Waals surface area contributed by atoms with Crippen LogP contribution in [0.1, 0.15) is 16.8 Å². The fourth-order valence-electron chi connectivity index (χ4n) is 4.67. The summed E-state index contributed by atoms with van der Waals surface area (Å²) in [5, 5.41) is 12.1. The molecule has 2 aromatic carbocycles. The molecule has 0 spiro atoms. The summed E-state index contributed by atoms with van der Waals surface area (Å²) in [5.74, 6) is 0. The quantitative estimate of drug-likeness (QED) is 0.576. The van der Waals surface area contributed by atoms with Crippen molar-refractivity contribution < 1.29 is 14.9 Å². The molecule has 3 aromatic rings. The van der Waals surface area contributed by atoms with Crippen molar-refractivity contribution in [2.45, 2.75) is 33.0 Å². The van der Waals surface area contributed by atoms with Crippen molar-refractivity contribution in [1.29, 1.82) is 0 Å². The number of aromatic nitrogens is 1. The number of aliphatic hydroxyl groups excluding tert-OH is 1. The number of aliphatic hydroxyl groups is 1. The van der Waals surface area contributed by atoms with Crippen molar-refractivity contribution in [3.05, 3.63) is 71.4 Å². The summed E-state index contributed by atoms with van der Waals surface area (Å²) in [6, 6.07) is 19.3. The topological polar surface area (TPSA) is 34.0 Å². The lowest BCUT2D eigenvalue weighted by molar-refractivity contribution is -1.02. The molecule has 0 amide bonds. The zero-order chi connectivity index (χ0) is 19.5. The van der Waals surface area contributed by atoms with Crippen molar-refractivity contribution in [1.82, 2.24) is 4.57 Å². The Kier molecular flexibility index (Phi) is 5.81. The van der Waals surface area contributed by atoms with Gasteiger partial charge in [0.2, 0.25) is 0 Å². The van der Waals surface area contributed by atoms with E-state index in [0.717, 1.165) is 26.2 Å². The number of para-hydroxylation sites is 1. The number of rotatable bonds is 6. The molecule has 28 heavy (non-hydrogen) atoms. The molecule has 4 heteroatoms. The van der Waals surface area contributed by atoms with Crippen molar-refractivity contribution in [3.8, 4) is 0 Å². The number of benzene rings is 2. The van der Waals surface area contributed by atoms with Gasteiger partial charge in [0.25, 0.3) is 0 Å². The molecule has 1 aromatic heterocycles. The lowest BCUT2D eigenvalue weighted by atomic mass is 10.2. The van der Waals surface area contributed by atoms with Crippen LogP contribution >= 0.6 is 0 Å². The highest BCUT2D eigenvalue weighted by molar-refractivity contribution is 5.85. The van der Waals surface area contributed by atoms with Crippen LogP contribution in [-0.2, 0) is 13.1 Å². The van der Waals surface area contributed by atoms with E-state index in [4.69, 9.17) is 0 Å². The zero-order valence-electron chi connectivity index (χ0n) is 17.1. The Hall–Kier alpha value is -2.14. The van der Waals surface area contributed by atoms with Gasteiger partial charge >= 0.3 is 0 Å². The smallest absolute Gasteiger partial charge is 0.127 e. The predicted molar refractivity (Wildman–Crippen MR) is 114 cm³/mol. The molecule has 3 N–H and O–H groups in total. The molecule has 1 aliphatic rings. The van der Waals surface area contributed by atoms with E-state index < -0.39 is 0 Å². The number of piperazine rings is 1. The molecule has 0 aliphatic carbocycles. The Bertz CT molecular complexity index is 910. The standard InChI is InChI=1S/C24H31N3O/c1-19-20(2)27(24-11-7-6-10-23(19)24)18-22(28)17-26-14-12-25(13-15-26)16-21-8-4-3-5-9-21/h3-11,22,28H,12-18H2,1-2H3/p+2/t22-/m1/s1. The molecule has 2 heterocycles. The van der Waals surface area contributed by atoms with E-state index in [1.54, 1.807) is 4.90 Å². The van der Waals surface area contributed by atoms with Crippen LogP contribution in [0.25, 0.3) is 10.9 Å². The molecule has 4 nitrogen and oxygen atoms in total. The Morgan fingerprint density at radius 3 is 2.29 bits per heavy atom. The SMILES string of the molecule is Cc1c(C)n(C[C@H](O)C[NH+]2CC[NH+](Cc3ccccc3)CC2)c2ccccc12. The normalized spacial score (nSPS) is 21.1. The van der Waals surface area contributed by atoms with Crippen LogP contribution in [0.5, 0.6) is 0 Å². The highest BCUT2D eigenvalue weighted by atomic mass is 16.3. The van der Waals surface area contributed by atoms with E-state index in [9.17, 15) is 5.11 Å². The van der Waals surface area contributed by atoms with Gasteiger partial charge in [0.15, 0.2) is 0 Å². The largest absolute Gasteiger partial charge is 0.385 e. The summed E-state index contributed by atoms with van der Waals surface area (Å²) in [4.78, 5) is 3.20. The Morgan fingerprint density at radius 1 is 0.893 bits per heavy atom. The maximum absolute atomic E-state index is 10.8. The summed E-state index contributed by atoms with van der Waals surface area (Å²) in [5.41, 5.74) is 5.26. The number of aryl methyl sites for hydroxylation is 1. The van der Waals surface area contributed by atoms with Crippen molar-refractivity contribution in [3.63, 3.8) is 0 Å². The molecule has 1 atom stereocenters. The first-order chi connectivity index (χ1) is 13.6. The van der Waals surface area contributed by atoms with Crippen molar-refractivity contribution >= 4 is 10.9 Å². The third-order valence-electron chi connectivity index (χ3n) is 6.43. The summed E-state index contributed by atoms with van der Waals surface area (Å²) in [6.45, 7) is 11.6. The first-order valence-electron chi connectivity index (χ1n) is 10.6. The van der Waals surface area contributed by atoms with Crippen molar-refractivity contribution in [2.75, 3.05) is 32.7 Å². The number of hydrogen-bond acceptors (Lipinski definition) is 1. The molecule has 1 fully saturated rings.